The fourth-order valence-electron chi connectivity index (χ4n) is 6.23. The van der Waals surface area contributed by atoms with E-state index in [2.05, 4.69) is 30.2 Å². The van der Waals surface area contributed by atoms with Gasteiger partial charge in [0.05, 0.1) is 36.5 Å². The summed E-state index contributed by atoms with van der Waals surface area (Å²) in [5.41, 5.74) is 6.05. The quantitative estimate of drug-likeness (QED) is 0.231. The lowest BCUT2D eigenvalue weighted by Crippen LogP contribution is -2.46. The van der Waals surface area contributed by atoms with Crippen LogP contribution >= 0.6 is 0 Å². The summed E-state index contributed by atoms with van der Waals surface area (Å²) >= 11 is 0. The van der Waals surface area contributed by atoms with Crippen molar-refractivity contribution in [1.82, 2.24) is 25.1 Å². The van der Waals surface area contributed by atoms with Gasteiger partial charge in [0.15, 0.2) is 9.84 Å². The molecule has 0 saturated carbocycles. The van der Waals surface area contributed by atoms with E-state index in [4.69, 9.17) is 0 Å². The SMILES string of the molecule is COC(=O)N[C@H](C)C(=O)N1CCC[C@H]1c1ncc(-c2ccc(-c3ccc(C(=O)Nc4ccc(CN5CCS(=O)(=O)CC5)cc4)cc3)cc2)[nH]1. The number of nitrogens with zero attached hydrogens (tertiary/aromatic N) is 3. The molecule has 256 valence electrons. The number of H-pyrrole nitrogens is 1. The zero-order valence-corrected chi connectivity index (χ0v) is 28.3. The maximum absolute atomic E-state index is 13.0. The zero-order chi connectivity index (χ0) is 34.5. The molecule has 2 fully saturated rings. The van der Waals surface area contributed by atoms with E-state index in [0.29, 0.717) is 43.3 Å². The lowest BCUT2D eigenvalue weighted by atomic mass is 10.0. The van der Waals surface area contributed by atoms with E-state index in [1.54, 1.807) is 30.2 Å². The number of anilines is 1. The lowest BCUT2D eigenvalue weighted by molar-refractivity contribution is -0.134. The van der Waals surface area contributed by atoms with Gasteiger partial charge in [0.1, 0.15) is 11.9 Å². The summed E-state index contributed by atoms with van der Waals surface area (Å²) in [4.78, 5) is 49.4. The predicted octanol–water partition coefficient (Wildman–Crippen LogP) is 4.63. The van der Waals surface area contributed by atoms with Crippen LogP contribution in [0.4, 0.5) is 10.5 Å². The molecule has 13 heteroatoms. The molecule has 3 heterocycles. The Morgan fingerprint density at radius 2 is 1.55 bits per heavy atom. The average molecular weight is 685 g/mol. The third-order valence-corrected chi connectivity index (χ3v) is 10.7. The van der Waals surface area contributed by atoms with E-state index < -0.39 is 22.0 Å². The van der Waals surface area contributed by atoms with E-state index in [-0.39, 0.29) is 29.4 Å². The molecule has 3 aromatic carbocycles. The minimum absolute atomic E-state index is 0.181. The largest absolute Gasteiger partial charge is 0.453 e. The first-order valence-electron chi connectivity index (χ1n) is 16.3. The summed E-state index contributed by atoms with van der Waals surface area (Å²) < 4.78 is 28.0. The zero-order valence-electron chi connectivity index (χ0n) is 27.5. The van der Waals surface area contributed by atoms with Crippen LogP contribution in [0.15, 0.2) is 79.0 Å². The molecule has 12 nitrogen and oxygen atoms in total. The summed E-state index contributed by atoms with van der Waals surface area (Å²) in [5.74, 6) is 0.714. The maximum Gasteiger partial charge on any atom is 0.407 e. The monoisotopic (exact) mass is 684 g/mol. The molecule has 0 radical (unpaired) electrons. The van der Waals surface area contributed by atoms with Crippen molar-refractivity contribution >= 4 is 33.4 Å². The molecule has 0 spiro atoms. The van der Waals surface area contributed by atoms with Gasteiger partial charge in [-0.25, -0.2) is 18.2 Å². The number of carbonyl (C=O) groups is 3. The number of imidazole rings is 1. The Morgan fingerprint density at radius 1 is 0.918 bits per heavy atom. The van der Waals surface area contributed by atoms with Crippen LogP contribution < -0.4 is 10.6 Å². The van der Waals surface area contributed by atoms with E-state index in [9.17, 15) is 22.8 Å². The van der Waals surface area contributed by atoms with Crippen molar-refractivity contribution < 1.29 is 27.5 Å². The summed E-state index contributed by atoms with van der Waals surface area (Å²) in [6.07, 6.45) is 2.75. The molecule has 4 aromatic rings. The van der Waals surface area contributed by atoms with Crippen molar-refractivity contribution in [3.05, 3.63) is 95.9 Å². The summed E-state index contributed by atoms with van der Waals surface area (Å²) in [7, 11) is -1.64. The number of aromatic amines is 1. The Hall–Kier alpha value is -5.01. The number of likely N-dealkylation sites (tertiary alicyclic amines) is 1. The van der Waals surface area contributed by atoms with Gasteiger partial charge in [0.25, 0.3) is 5.91 Å². The highest BCUT2D eigenvalue weighted by molar-refractivity contribution is 7.91. The van der Waals surface area contributed by atoms with Gasteiger partial charge >= 0.3 is 6.09 Å². The average Bonchev–Trinajstić information content (AvgIpc) is 3.80. The molecule has 2 aliphatic heterocycles. The number of sulfone groups is 1. The highest BCUT2D eigenvalue weighted by Gasteiger charge is 2.34. The first-order valence-corrected chi connectivity index (χ1v) is 18.1. The summed E-state index contributed by atoms with van der Waals surface area (Å²) in [6, 6.07) is 22.2. The third kappa shape index (κ3) is 8.18. The molecule has 0 bridgehead atoms. The van der Waals surface area contributed by atoms with Crippen LogP contribution in [0.5, 0.6) is 0 Å². The number of hydrogen-bond acceptors (Lipinski definition) is 8. The number of rotatable bonds is 9. The molecule has 49 heavy (non-hydrogen) atoms. The Balaban J connectivity index is 1.04. The van der Waals surface area contributed by atoms with Gasteiger partial charge in [-0.1, -0.05) is 48.5 Å². The van der Waals surface area contributed by atoms with Crippen molar-refractivity contribution in [2.45, 2.75) is 38.4 Å². The van der Waals surface area contributed by atoms with Crippen LogP contribution in [0.2, 0.25) is 0 Å². The molecule has 6 rings (SSSR count). The van der Waals surface area contributed by atoms with Crippen molar-refractivity contribution in [3.63, 3.8) is 0 Å². The first kappa shape index (κ1) is 33.9. The van der Waals surface area contributed by atoms with E-state index in [1.165, 1.54) is 7.11 Å². The Kier molecular flexibility index (Phi) is 10.1. The second-order valence-corrected chi connectivity index (χ2v) is 14.8. The fraction of sp³-hybridized carbons (Fsp3) is 0.333. The van der Waals surface area contributed by atoms with E-state index in [1.807, 2.05) is 60.7 Å². The van der Waals surface area contributed by atoms with Crippen LogP contribution in [-0.2, 0) is 25.9 Å². The predicted molar refractivity (Wildman–Crippen MR) is 186 cm³/mol. The van der Waals surface area contributed by atoms with E-state index >= 15 is 0 Å². The molecule has 3 N–H and O–H groups in total. The Labute approximate surface area is 285 Å². The van der Waals surface area contributed by atoms with Gasteiger partial charge in [-0.2, -0.15) is 0 Å². The van der Waals surface area contributed by atoms with Gasteiger partial charge < -0.3 is 25.3 Å². The summed E-state index contributed by atoms with van der Waals surface area (Å²) in [5, 5.41) is 5.49. The molecule has 1 aromatic heterocycles. The van der Waals surface area contributed by atoms with Gasteiger partial charge in [0, 0.05) is 37.4 Å². The number of nitrogens with one attached hydrogen (secondary N) is 3. The number of alkyl carbamates (subject to hydrolysis) is 1. The van der Waals surface area contributed by atoms with Gasteiger partial charge in [0.2, 0.25) is 5.91 Å². The molecule has 2 aliphatic rings. The number of amides is 3. The molecule has 0 unspecified atom stereocenters. The van der Waals surface area contributed by atoms with Gasteiger partial charge in [-0.15, -0.1) is 0 Å². The first-order chi connectivity index (χ1) is 23.6. The minimum Gasteiger partial charge on any atom is -0.453 e. The minimum atomic E-state index is -2.91. The lowest BCUT2D eigenvalue weighted by Gasteiger charge is -2.26. The molecule has 2 saturated heterocycles. The van der Waals surface area contributed by atoms with Crippen molar-refractivity contribution in [2.24, 2.45) is 0 Å². The number of hydrogen-bond donors (Lipinski definition) is 3. The third-order valence-electron chi connectivity index (χ3n) is 9.07. The van der Waals surface area contributed by atoms with Crippen LogP contribution in [0, 0.1) is 0 Å². The van der Waals surface area contributed by atoms with Gasteiger partial charge in [-0.3, -0.25) is 14.5 Å². The van der Waals surface area contributed by atoms with E-state index in [0.717, 1.165) is 40.8 Å². The number of ether oxygens (including phenoxy) is 1. The number of aromatic nitrogens is 2. The fourth-order valence-corrected chi connectivity index (χ4v) is 7.51. The van der Waals surface area contributed by atoms with Crippen LogP contribution in [0.1, 0.15) is 47.6 Å². The van der Waals surface area contributed by atoms with Crippen molar-refractivity contribution in [2.75, 3.05) is 43.6 Å². The molecule has 2 atom stereocenters. The van der Waals surface area contributed by atoms with Crippen molar-refractivity contribution in [1.29, 1.82) is 0 Å². The van der Waals surface area contributed by atoms with Crippen molar-refractivity contribution in [3.8, 4) is 22.4 Å². The standard InChI is InChI=1S/C36H40N6O6S/c1-24(38-36(45)48-2)35(44)42-17-3-4-32(42)33-37-22-31(40-33)28-11-7-26(8-12-28)27-9-13-29(14-10-27)34(43)39-30-15-5-25(6-16-30)23-41-18-20-49(46,47)21-19-41/h5-16,22,24,32H,3-4,17-21,23H2,1-2H3,(H,37,40)(H,38,45)(H,39,43)/t24-,32+/m1/s1. The molecule has 3 amide bonds. The smallest absolute Gasteiger partial charge is 0.407 e. The highest BCUT2D eigenvalue weighted by atomic mass is 32.2. The Morgan fingerprint density at radius 3 is 2.20 bits per heavy atom. The van der Waals surface area contributed by atoms with Gasteiger partial charge in [-0.05, 0) is 66.3 Å². The second-order valence-electron chi connectivity index (χ2n) is 12.5. The van der Waals surface area contributed by atoms with Crippen LogP contribution in [0.25, 0.3) is 22.4 Å². The maximum atomic E-state index is 13.0. The molecule has 0 aliphatic carbocycles. The number of benzene rings is 3. The summed E-state index contributed by atoms with van der Waals surface area (Å²) in [6.45, 7) is 3.98. The molecular weight excluding hydrogens is 644 g/mol. The highest BCUT2D eigenvalue weighted by Crippen LogP contribution is 2.32. The van der Waals surface area contributed by atoms with Crippen LogP contribution in [0.3, 0.4) is 0 Å². The molecular formula is C36H40N6O6S. The second kappa shape index (κ2) is 14.6. The number of carbonyl (C=O) groups excluding carboxylic acids is 3. The topological polar surface area (TPSA) is 154 Å². The normalized spacial score (nSPS) is 18.1. The number of methoxy groups -OCH3 is 1. The van der Waals surface area contributed by atoms with Crippen LogP contribution in [-0.4, -0.2) is 90.4 Å². The Bertz CT molecular complexity index is 1890.